The van der Waals surface area contributed by atoms with Gasteiger partial charge in [-0.25, -0.2) is 0 Å². The van der Waals surface area contributed by atoms with E-state index in [0.29, 0.717) is 0 Å². The van der Waals surface area contributed by atoms with Crippen molar-refractivity contribution in [1.29, 1.82) is 0 Å². The molecule has 0 heterocycles. The van der Waals surface area contributed by atoms with E-state index < -0.39 is 22.9 Å². The molecular weight excluding hydrogens is 260 g/mol. The van der Waals surface area contributed by atoms with Gasteiger partial charge in [0.05, 0.1) is 0 Å². The minimum atomic E-state index is -2.44. The van der Waals surface area contributed by atoms with Crippen LogP contribution in [0.5, 0.6) is 11.5 Å². The van der Waals surface area contributed by atoms with Gasteiger partial charge in [0, 0.05) is 22.8 Å². The monoisotopic (exact) mass is 270 g/mol. The molecule has 5 nitrogen and oxygen atoms in total. The fourth-order valence-electron chi connectivity index (χ4n) is 2.44. The molecule has 0 amide bonds. The molecule has 2 aromatic carbocycles. The number of fused-ring (bicyclic) bond motifs is 1. The van der Waals surface area contributed by atoms with Crippen molar-refractivity contribution in [3.05, 3.63) is 59.2 Å². The van der Waals surface area contributed by atoms with Crippen molar-refractivity contribution in [2.24, 2.45) is 0 Å². The lowest BCUT2D eigenvalue weighted by Gasteiger charge is -2.20. The number of hydrogen-bond donors (Lipinski definition) is 3. The number of carbonyl (C=O) groups excluding carboxylic acids is 2. The highest BCUT2D eigenvalue weighted by molar-refractivity contribution is 6.32. The lowest BCUT2D eigenvalue weighted by atomic mass is 9.88. The number of benzene rings is 2. The van der Waals surface area contributed by atoms with Crippen LogP contribution in [0.4, 0.5) is 0 Å². The molecule has 20 heavy (non-hydrogen) atoms. The summed E-state index contributed by atoms with van der Waals surface area (Å²) in [6.45, 7) is 0. The van der Waals surface area contributed by atoms with Crippen molar-refractivity contribution in [1.82, 2.24) is 0 Å². The maximum atomic E-state index is 12.3. The van der Waals surface area contributed by atoms with Crippen LogP contribution in [0.1, 0.15) is 26.3 Å². The third-order valence-corrected chi connectivity index (χ3v) is 3.44. The second-order valence-corrected chi connectivity index (χ2v) is 4.62. The van der Waals surface area contributed by atoms with Gasteiger partial charge in [0.2, 0.25) is 17.2 Å². The zero-order valence-electron chi connectivity index (χ0n) is 10.2. The molecule has 0 radical (unpaired) electrons. The minimum Gasteiger partial charge on any atom is -0.508 e. The molecule has 0 atom stereocenters. The van der Waals surface area contributed by atoms with E-state index >= 15 is 0 Å². The molecule has 0 aromatic heterocycles. The summed E-state index contributed by atoms with van der Waals surface area (Å²) in [6, 6.07) is 9.40. The first kappa shape index (κ1) is 12.4. The van der Waals surface area contributed by atoms with Crippen LogP contribution in [0.25, 0.3) is 0 Å². The van der Waals surface area contributed by atoms with E-state index in [0.717, 1.165) is 12.1 Å². The SMILES string of the molecule is O=C1c2ccccc2C(=O)C1(O)c1ccc(O)cc1O. The van der Waals surface area contributed by atoms with Gasteiger partial charge >= 0.3 is 0 Å². The number of Topliss-reactive ketones (excluding diaryl/α,β-unsaturated/α-hetero) is 2. The van der Waals surface area contributed by atoms with Crippen molar-refractivity contribution in [2.75, 3.05) is 0 Å². The number of rotatable bonds is 1. The van der Waals surface area contributed by atoms with E-state index in [1.165, 1.54) is 18.2 Å². The highest BCUT2D eigenvalue weighted by atomic mass is 16.3. The van der Waals surface area contributed by atoms with Gasteiger partial charge in [-0.1, -0.05) is 24.3 Å². The summed E-state index contributed by atoms with van der Waals surface area (Å²) in [7, 11) is 0. The van der Waals surface area contributed by atoms with Crippen molar-refractivity contribution in [2.45, 2.75) is 5.60 Å². The molecule has 1 aliphatic carbocycles. The molecule has 0 aliphatic heterocycles. The topological polar surface area (TPSA) is 94.8 Å². The molecule has 5 heteroatoms. The third-order valence-electron chi connectivity index (χ3n) is 3.44. The molecule has 0 fully saturated rings. The van der Waals surface area contributed by atoms with Crippen LogP contribution in [0.3, 0.4) is 0 Å². The van der Waals surface area contributed by atoms with Crippen LogP contribution in [0, 0.1) is 0 Å². The van der Waals surface area contributed by atoms with Crippen molar-refractivity contribution >= 4 is 11.6 Å². The summed E-state index contributed by atoms with van der Waals surface area (Å²) in [4.78, 5) is 24.6. The predicted molar refractivity (Wildman–Crippen MR) is 68.8 cm³/mol. The van der Waals surface area contributed by atoms with Gasteiger partial charge in [-0.3, -0.25) is 9.59 Å². The van der Waals surface area contributed by atoms with E-state index in [1.54, 1.807) is 12.1 Å². The molecule has 3 N–H and O–H groups in total. The molecule has 0 unspecified atom stereocenters. The Morgan fingerprint density at radius 3 is 1.90 bits per heavy atom. The third kappa shape index (κ3) is 1.41. The van der Waals surface area contributed by atoms with E-state index in [4.69, 9.17) is 0 Å². The summed E-state index contributed by atoms with van der Waals surface area (Å²) in [5.74, 6) is -2.30. The van der Waals surface area contributed by atoms with Gasteiger partial charge in [0.15, 0.2) is 0 Å². The molecule has 0 bridgehead atoms. The Morgan fingerprint density at radius 2 is 1.40 bits per heavy atom. The summed E-state index contributed by atoms with van der Waals surface area (Å²) < 4.78 is 0. The molecule has 1 aliphatic rings. The molecule has 0 saturated heterocycles. The predicted octanol–water partition coefficient (Wildman–Crippen LogP) is 1.36. The maximum absolute atomic E-state index is 12.3. The summed E-state index contributed by atoms with van der Waals surface area (Å²) in [5.41, 5.74) is -2.44. The number of aliphatic hydroxyl groups is 1. The Morgan fingerprint density at radius 1 is 0.850 bits per heavy atom. The first-order valence-electron chi connectivity index (χ1n) is 5.89. The number of aromatic hydroxyl groups is 2. The second kappa shape index (κ2) is 3.91. The Labute approximate surface area is 113 Å². The van der Waals surface area contributed by atoms with E-state index in [-0.39, 0.29) is 22.4 Å². The Kier molecular flexibility index (Phi) is 2.42. The highest BCUT2D eigenvalue weighted by Gasteiger charge is 2.54. The average Bonchev–Trinajstić information content (AvgIpc) is 2.62. The zero-order valence-corrected chi connectivity index (χ0v) is 10.2. The molecule has 3 rings (SSSR count). The fraction of sp³-hybridized carbons (Fsp3) is 0.0667. The molecule has 2 aromatic rings. The number of carbonyl (C=O) groups is 2. The molecular formula is C15H10O5. The Hall–Kier alpha value is -2.66. The molecule has 0 spiro atoms. The highest BCUT2D eigenvalue weighted by Crippen LogP contribution is 2.41. The van der Waals surface area contributed by atoms with Crippen molar-refractivity contribution in [3.8, 4) is 11.5 Å². The summed E-state index contributed by atoms with van der Waals surface area (Å²) >= 11 is 0. The number of phenolic OH excluding ortho intramolecular Hbond substituents is 2. The first-order chi connectivity index (χ1) is 9.46. The van der Waals surface area contributed by atoms with E-state index in [2.05, 4.69) is 0 Å². The number of ketones is 2. The lowest BCUT2D eigenvalue weighted by Crippen LogP contribution is -2.38. The van der Waals surface area contributed by atoms with Crippen LogP contribution in [0.2, 0.25) is 0 Å². The van der Waals surface area contributed by atoms with Crippen molar-refractivity contribution in [3.63, 3.8) is 0 Å². The van der Waals surface area contributed by atoms with Crippen LogP contribution in [-0.4, -0.2) is 26.9 Å². The molecule has 0 saturated carbocycles. The molecule has 100 valence electrons. The van der Waals surface area contributed by atoms with Gasteiger partial charge in [-0.2, -0.15) is 0 Å². The summed E-state index contributed by atoms with van der Waals surface area (Å²) in [5, 5.41) is 29.6. The first-order valence-corrected chi connectivity index (χ1v) is 5.89. The van der Waals surface area contributed by atoms with Gasteiger partial charge in [0.25, 0.3) is 0 Å². The quantitative estimate of drug-likeness (QED) is 0.680. The minimum absolute atomic E-state index is 0.118. The number of hydrogen-bond acceptors (Lipinski definition) is 5. The Balaban J connectivity index is 2.24. The van der Waals surface area contributed by atoms with Gasteiger partial charge in [-0.05, 0) is 12.1 Å². The smallest absolute Gasteiger partial charge is 0.220 e. The fourth-order valence-corrected chi connectivity index (χ4v) is 2.44. The average molecular weight is 270 g/mol. The zero-order chi connectivity index (χ0) is 14.5. The van der Waals surface area contributed by atoms with Crippen LogP contribution < -0.4 is 0 Å². The summed E-state index contributed by atoms with van der Waals surface area (Å²) in [6.07, 6.45) is 0. The van der Waals surface area contributed by atoms with Crippen LogP contribution >= 0.6 is 0 Å². The largest absolute Gasteiger partial charge is 0.508 e. The van der Waals surface area contributed by atoms with Crippen molar-refractivity contribution < 1.29 is 24.9 Å². The van der Waals surface area contributed by atoms with Gasteiger partial charge in [-0.15, -0.1) is 0 Å². The standard InChI is InChI=1S/C15H10O5/c16-8-5-6-11(12(17)7-8)15(20)13(18)9-3-1-2-4-10(9)14(15)19/h1-7,16-17,20H. The number of phenols is 2. The second-order valence-electron chi connectivity index (χ2n) is 4.62. The van der Waals surface area contributed by atoms with Gasteiger partial charge in [0.1, 0.15) is 11.5 Å². The maximum Gasteiger partial charge on any atom is 0.220 e. The Bertz CT molecular complexity index is 713. The van der Waals surface area contributed by atoms with E-state index in [9.17, 15) is 24.9 Å². The van der Waals surface area contributed by atoms with Crippen LogP contribution in [0.15, 0.2) is 42.5 Å². The van der Waals surface area contributed by atoms with E-state index in [1.807, 2.05) is 0 Å². The van der Waals surface area contributed by atoms with Crippen LogP contribution in [-0.2, 0) is 5.60 Å². The normalized spacial score (nSPS) is 16.2. The lowest BCUT2D eigenvalue weighted by molar-refractivity contribution is 0.0312. The van der Waals surface area contributed by atoms with Gasteiger partial charge < -0.3 is 15.3 Å².